The van der Waals surface area contributed by atoms with Crippen LogP contribution < -0.4 is 5.32 Å². The molecule has 1 heterocycles. The molecule has 140 valence electrons. The van der Waals surface area contributed by atoms with Crippen molar-refractivity contribution in [2.75, 3.05) is 5.32 Å². The van der Waals surface area contributed by atoms with Crippen molar-refractivity contribution in [1.82, 2.24) is 0 Å². The van der Waals surface area contributed by atoms with Crippen LogP contribution in [0.1, 0.15) is 5.76 Å². The minimum absolute atomic E-state index is 0.0628. The van der Waals surface area contributed by atoms with E-state index in [-0.39, 0.29) is 5.57 Å². The number of carbonyl (C=O) groups is 1. The zero-order chi connectivity index (χ0) is 20.1. The summed E-state index contributed by atoms with van der Waals surface area (Å²) in [4.78, 5) is 13.3. The summed E-state index contributed by atoms with van der Waals surface area (Å²) in [5.74, 6) is -0.116. The number of nitrogens with zero attached hydrogens (tertiary/aromatic N) is 1. The Kier molecular flexibility index (Phi) is 7.03. The van der Waals surface area contributed by atoms with E-state index >= 15 is 0 Å². The smallest absolute Gasteiger partial charge is 0.266 e. The summed E-state index contributed by atoms with van der Waals surface area (Å²) < 4.78 is 7.39. The second-order valence-corrected chi connectivity index (χ2v) is 8.72. The van der Waals surface area contributed by atoms with Gasteiger partial charge in [0.15, 0.2) is 5.09 Å². The first kappa shape index (κ1) is 20.7. The van der Waals surface area contributed by atoms with E-state index in [0.29, 0.717) is 21.6 Å². The predicted molar refractivity (Wildman–Crippen MR) is 118 cm³/mol. The maximum atomic E-state index is 12.4. The molecule has 0 aliphatic carbocycles. The number of benzene rings is 2. The fraction of sp³-hybridized carbons (Fsp3) is 0. The predicted octanol–water partition coefficient (Wildman–Crippen LogP) is 7.15. The van der Waals surface area contributed by atoms with E-state index in [0.717, 1.165) is 13.8 Å². The monoisotopic (exact) mass is 536 g/mol. The van der Waals surface area contributed by atoms with E-state index in [4.69, 9.17) is 16.0 Å². The maximum Gasteiger partial charge on any atom is 0.266 e. The molecule has 28 heavy (non-hydrogen) atoms. The number of hydrogen-bond donors (Lipinski definition) is 1. The number of furan rings is 1. The lowest BCUT2D eigenvalue weighted by Gasteiger charge is -2.03. The standard InChI is InChI=1S/C20H11Br2ClN2O2S/c21-13-1-5-15(6-2-13)25-19(26)12(11-24)9-16-10-18(22)20(27-16)28-17-7-3-14(23)4-8-17/h1-10H,(H,25,26)/b12-9-. The van der Waals surface area contributed by atoms with Crippen LogP contribution >= 0.6 is 55.2 Å². The number of anilines is 1. The number of rotatable bonds is 5. The van der Waals surface area contributed by atoms with Gasteiger partial charge in [-0.15, -0.1) is 0 Å². The van der Waals surface area contributed by atoms with Gasteiger partial charge >= 0.3 is 0 Å². The molecule has 1 aromatic heterocycles. The van der Waals surface area contributed by atoms with E-state index in [1.165, 1.54) is 17.8 Å². The largest absolute Gasteiger partial charge is 0.449 e. The molecule has 0 saturated heterocycles. The number of nitriles is 1. The van der Waals surface area contributed by atoms with E-state index < -0.39 is 5.91 Å². The molecular formula is C20H11Br2ClN2O2S. The van der Waals surface area contributed by atoms with Crippen LogP contribution in [0, 0.1) is 11.3 Å². The fourth-order valence-corrected chi connectivity index (χ4v) is 3.86. The summed E-state index contributed by atoms with van der Waals surface area (Å²) in [6.45, 7) is 0. The Labute approximate surface area is 187 Å². The van der Waals surface area contributed by atoms with Gasteiger partial charge in [-0.3, -0.25) is 4.79 Å². The molecule has 0 spiro atoms. The van der Waals surface area contributed by atoms with Gasteiger partial charge in [-0.2, -0.15) is 5.26 Å². The number of nitrogens with one attached hydrogen (secondary N) is 1. The van der Waals surface area contributed by atoms with Crippen molar-refractivity contribution in [3.8, 4) is 6.07 Å². The van der Waals surface area contributed by atoms with Crippen LogP contribution in [0.5, 0.6) is 0 Å². The first-order valence-corrected chi connectivity index (χ1v) is 10.6. The Morgan fingerprint density at radius 3 is 2.46 bits per heavy atom. The molecule has 2 aromatic carbocycles. The van der Waals surface area contributed by atoms with Crippen molar-refractivity contribution < 1.29 is 9.21 Å². The molecule has 1 N–H and O–H groups in total. The second kappa shape index (κ2) is 9.48. The molecule has 0 atom stereocenters. The van der Waals surface area contributed by atoms with Crippen LogP contribution in [0.3, 0.4) is 0 Å². The quantitative estimate of drug-likeness (QED) is 0.277. The molecule has 3 aromatic rings. The highest BCUT2D eigenvalue weighted by Crippen LogP contribution is 2.36. The minimum atomic E-state index is -0.510. The van der Waals surface area contributed by atoms with E-state index in [9.17, 15) is 10.1 Å². The van der Waals surface area contributed by atoms with Crippen LogP contribution in [0.25, 0.3) is 6.08 Å². The summed E-state index contributed by atoms with van der Waals surface area (Å²) in [6.07, 6.45) is 1.41. The Morgan fingerprint density at radius 2 is 1.82 bits per heavy atom. The van der Waals surface area contributed by atoms with Gasteiger partial charge < -0.3 is 9.73 Å². The van der Waals surface area contributed by atoms with Crippen LogP contribution in [0.4, 0.5) is 5.69 Å². The normalized spacial score (nSPS) is 11.1. The van der Waals surface area contributed by atoms with Crippen LogP contribution in [0.2, 0.25) is 5.02 Å². The minimum Gasteiger partial charge on any atom is -0.449 e. The summed E-state index contributed by atoms with van der Waals surface area (Å²) >= 11 is 14.1. The SMILES string of the molecule is N#C/C(=C/c1cc(Br)c(Sc2ccc(Cl)cc2)o1)C(=O)Nc1ccc(Br)cc1. The van der Waals surface area contributed by atoms with Gasteiger partial charge in [-0.1, -0.05) is 39.3 Å². The number of carbonyl (C=O) groups excluding carboxylic acids is 1. The molecule has 0 aliphatic rings. The van der Waals surface area contributed by atoms with Crippen molar-refractivity contribution in [1.29, 1.82) is 5.26 Å². The van der Waals surface area contributed by atoms with Gasteiger partial charge in [0.05, 0.1) is 4.47 Å². The summed E-state index contributed by atoms with van der Waals surface area (Å²) in [5, 5.41) is 13.3. The molecule has 1 amide bonds. The van der Waals surface area contributed by atoms with Crippen LogP contribution in [0.15, 0.2) is 83.5 Å². The summed E-state index contributed by atoms with van der Waals surface area (Å²) in [6, 6.07) is 18.0. The lowest BCUT2D eigenvalue weighted by atomic mass is 10.2. The van der Waals surface area contributed by atoms with Gasteiger partial charge in [0, 0.05) is 26.2 Å². The summed E-state index contributed by atoms with van der Waals surface area (Å²) in [7, 11) is 0. The van der Waals surface area contributed by atoms with Crippen molar-refractivity contribution in [2.24, 2.45) is 0 Å². The molecule has 0 radical (unpaired) electrons. The third-order valence-corrected chi connectivity index (χ3v) is 6.08. The van der Waals surface area contributed by atoms with Crippen LogP contribution in [-0.2, 0) is 4.79 Å². The van der Waals surface area contributed by atoms with E-state index in [1.807, 2.05) is 18.2 Å². The zero-order valence-electron chi connectivity index (χ0n) is 14.1. The molecule has 0 fully saturated rings. The topological polar surface area (TPSA) is 66.0 Å². The highest BCUT2D eigenvalue weighted by Gasteiger charge is 2.14. The average Bonchev–Trinajstić information content (AvgIpc) is 3.02. The Bertz CT molecular complexity index is 1070. The van der Waals surface area contributed by atoms with Crippen molar-refractivity contribution in [3.63, 3.8) is 0 Å². The molecule has 0 bridgehead atoms. The maximum absolute atomic E-state index is 12.4. The first-order valence-electron chi connectivity index (χ1n) is 7.86. The highest BCUT2D eigenvalue weighted by molar-refractivity contribution is 9.10. The average molecular weight is 539 g/mol. The van der Waals surface area contributed by atoms with E-state index in [1.54, 1.807) is 42.5 Å². The molecule has 8 heteroatoms. The molecule has 0 unspecified atom stereocenters. The molecule has 4 nitrogen and oxygen atoms in total. The van der Waals surface area contributed by atoms with Gasteiger partial charge in [0.25, 0.3) is 5.91 Å². The lowest BCUT2D eigenvalue weighted by Crippen LogP contribution is -2.13. The third kappa shape index (κ3) is 5.52. The Balaban J connectivity index is 1.77. The zero-order valence-corrected chi connectivity index (χ0v) is 18.8. The van der Waals surface area contributed by atoms with Gasteiger partial charge in [0.1, 0.15) is 17.4 Å². The molecule has 0 saturated carbocycles. The molecular weight excluding hydrogens is 528 g/mol. The van der Waals surface area contributed by atoms with Gasteiger partial charge in [-0.25, -0.2) is 0 Å². The second-order valence-electron chi connectivity index (χ2n) is 5.47. The fourth-order valence-electron chi connectivity index (χ4n) is 2.14. The molecule has 0 aliphatic heterocycles. The molecule has 3 rings (SSSR count). The number of amides is 1. The van der Waals surface area contributed by atoms with Crippen molar-refractivity contribution >= 4 is 72.9 Å². The highest BCUT2D eigenvalue weighted by atomic mass is 79.9. The van der Waals surface area contributed by atoms with Gasteiger partial charge in [0.2, 0.25) is 0 Å². The summed E-state index contributed by atoms with van der Waals surface area (Å²) in [5.41, 5.74) is 0.529. The van der Waals surface area contributed by atoms with Gasteiger partial charge in [-0.05, 0) is 70.5 Å². The van der Waals surface area contributed by atoms with Crippen LogP contribution in [-0.4, -0.2) is 5.91 Å². The van der Waals surface area contributed by atoms with Crippen molar-refractivity contribution in [2.45, 2.75) is 9.99 Å². The number of hydrogen-bond acceptors (Lipinski definition) is 4. The lowest BCUT2D eigenvalue weighted by molar-refractivity contribution is -0.112. The van der Waals surface area contributed by atoms with E-state index in [2.05, 4.69) is 37.2 Å². The third-order valence-electron chi connectivity index (χ3n) is 3.45. The first-order chi connectivity index (χ1) is 13.4. The Hall–Kier alpha value is -1.98. The number of halogens is 3. The van der Waals surface area contributed by atoms with Crippen molar-refractivity contribution in [3.05, 3.63) is 79.9 Å². The Morgan fingerprint density at radius 1 is 1.14 bits per heavy atom.